The first-order valence-corrected chi connectivity index (χ1v) is 13.1. The Bertz CT molecular complexity index is 1560. The van der Waals surface area contributed by atoms with Crippen LogP contribution < -0.4 is 9.80 Å². The molecule has 0 saturated carbocycles. The number of carbonyl (C=O) groups is 1. The minimum absolute atomic E-state index is 0.109. The zero-order valence-electron chi connectivity index (χ0n) is 22.1. The van der Waals surface area contributed by atoms with Gasteiger partial charge in [0.15, 0.2) is 0 Å². The number of aryl methyl sites for hydroxylation is 1. The molecule has 0 atom stereocenters. The second-order valence-corrected chi connectivity index (χ2v) is 10.4. The molecule has 1 amide bonds. The van der Waals surface area contributed by atoms with Crippen molar-refractivity contribution in [1.29, 1.82) is 5.26 Å². The quantitative estimate of drug-likeness (QED) is 0.410. The van der Waals surface area contributed by atoms with E-state index in [1.54, 1.807) is 4.90 Å². The highest BCUT2D eigenvalue weighted by Crippen LogP contribution is 2.43. The second-order valence-electron chi connectivity index (χ2n) is 10.4. The molecule has 2 aliphatic rings. The number of nitrogens with zero attached hydrogens (tertiary/aromatic N) is 7. The van der Waals surface area contributed by atoms with E-state index in [2.05, 4.69) is 52.6 Å². The highest BCUT2D eigenvalue weighted by molar-refractivity contribution is 6.04. The molecule has 2 aliphatic heterocycles. The predicted octanol–water partition coefficient (Wildman–Crippen LogP) is 4.37. The van der Waals surface area contributed by atoms with Gasteiger partial charge in [-0.1, -0.05) is 30.3 Å². The second kappa shape index (κ2) is 9.58. The molecule has 8 nitrogen and oxygen atoms in total. The molecule has 8 heteroatoms. The number of hydrogen-bond donors (Lipinski definition) is 0. The van der Waals surface area contributed by atoms with Crippen LogP contribution in [-0.4, -0.2) is 65.5 Å². The fourth-order valence-electron chi connectivity index (χ4n) is 5.86. The Morgan fingerprint density at radius 2 is 1.82 bits per heavy atom. The monoisotopic (exact) mass is 505 g/mol. The lowest BCUT2D eigenvalue weighted by molar-refractivity contribution is -0.118. The molecule has 192 valence electrons. The molecule has 1 fully saturated rings. The van der Waals surface area contributed by atoms with Crippen LogP contribution in [0.3, 0.4) is 0 Å². The van der Waals surface area contributed by atoms with E-state index in [4.69, 9.17) is 9.97 Å². The van der Waals surface area contributed by atoms with E-state index in [1.807, 2.05) is 43.7 Å². The number of piperidine rings is 1. The fraction of sp³-hybridized carbons (Fsp3) is 0.333. The van der Waals surface area contributed by atoms with Crippen LogP contribution in [0.25, 0.3) is 28.0 Å². The summed E-state index contributed by atoms with van der Waals surface area (Å²) in [5, 5.41) is 9.38. The molecule has 4 heterocycles. The van der Waals surface area contributed by atoms with Crippen LogP contribution in [0.2, 0.25) is 0 Å². The summed E-state index contributed by atoms with van der Waals surface area (Å²) in [6.07, 6.45) is 7.16. The van der Waals surface area contributed by atoms with Gasteiger partial charge in [-0.2, -0.15) is 5.26 Å². The SMILES string of the molecule is CN1C(=O)CCc2cccc(-c3c(-c4ccc(C#N)cc4)nc(N4CCC(N(C)C)CC4)n4ccnc34)c21. The van der Waals surface area contributed by atoms with Crippen molar-refractivity contribution in [1.82, 2.24) is 19.3 Å². The molecule has 38 heavy (non-hydrogen) atoms. The number of carbonyl (C=O) groups excluding carboxylic acids is 1. The van der Waals surface area contributed by atoms with Crippen LogP contribution in [-0.2, 0) is 11.2 Å². The van der Waals surface area contributed by atoms with Crippen molar-refractivity contribution in [2.24, 2.45) is 0 Å². The van der Waals surface area contributed by atoms with Crippen LogP contribution in [0.4, 0.5) is 11.6 Å². The number of amides is 1. The maximum atomic E-state index is 12.8. The zero-order valence-corrected chi connectivity index (χ0v) is 22.1. The van der Waals surface area contributed by atoms with Gasteiger partial charge in [0, 0.05) is 56.1 Å². The summed E-state index contributed by atoms with van der Waals surface area (Å²) in [5.41, 5.74) is 7.03. The van der Waals surface area contributed by atoms with Crippen molar-refractivity contribution in [3.63, 3.8) is 0 Å². The number of fused-ring (bicyclic) bond motifs is 2. The molecular formula is C30H31N7O. The van der Waals surface area contributed by atoms with Gasteiger partial charge < -0.3 is 14.7 Å². The van der Waals surface area contributed by atoms with E-state index in [9.17, 15) is 10.1 Å². The zero-order chi connectivity index (χ0) is 26.4. The molecule has 6 rings (SSSR count). The van der Waals surface area contributed by atoms with Gasteiger partial charge in [0.05, 0.1) is 28.6 Å². The van der Waals surface area contributed by atoms with E-state index in [-0.39, 0.29) is 5.91 Å². The highest BCUT2D eigenvalue weighted by atomic mass is 16.2. The summed E-state index contributed by atoms with van der Waals surface area (Å²) < 4.78 is 2.09. The van der Waals surface area contributed by atoms with Crippen LogP contribution >= 0.6 is 0 Å². The number of para-hydroxylation sites is 1. The third-order valence-electron chi connectivity index (χ3n) is 8.00. The van der Waals surface area contributed by atoms with Gasteiger partial charge in [-0.15, -0.1) is 0 Å². The number of aromatic nitrogens is 3. The summed E-state index contributed by atoms with van der Waals surface area (Å²) in [4.78, 5) is 29.3. The molecule has 2 aromatic carbocycles. The molecule has 4 aromatic rings. The molecule has 0 N–H and O–H groups in total. The van der Waals surface area contributed by atoms with Gasteiger partial charge in [0.2, 0.25) is 11.9 Å². The third kappa shape index (κ3) is 4.00. The van der Waals surface area contributed by atoms with Crippen LogP contribution in [0, 0.1) is 11.3 Å². The number of imidazole rings is 1. The molecular weight excluding hydrogens is 474 g/mol. The lowest BCUT2D eigenvalue weighted by Crippen LogP contribution is -2.43. The smallest absolute Gasteiger partial charge is 0.227 e. The average molecular weight is 506 g/mol. The number of rotatable bonds is 4. The average Bonchev–Trinajstić information content (AvgIpc) is 3.44. The maximum Gasteiger partial charge on any atom is 0.227 e. The van der Waals surface area contributed by atoms with Gasteiger partial charge in [0.1, 0.15) is 5.65 Å². The Hall–Kier alpha value is -4.22. The molecule has 0 unspecified atom stereocenters. The Balaban J connectivity index is 1.59. The van der Waals surface area contributed by atoms with Crippen LogP contribution in [0.5, 0.6) is 0 Å². The van der Waals surface area contributed by atoms with Crippen molar-refractivity contribution in [2.75, 3.05) is 44.0 Å². The van der Waals surface area contributed by atoms with E-state index in [0.29, 0.717) is 18.0 Å². The summed E-state index contributed by atoms with van der Waals surface area (Å²) in [6, 6.07) is 16.6. The molecule has 0 spiro atoms. The topological polar surface area (TPSA) is 80.8 Å². The number of hydrogen-bond acceptors (Lipinski definition) is 6. The summed E-state index contributed by atoms with van der Waals surface area (Å²) in [6.45, 7) is 1.82. The first-order chi connectivity index (χ1) is 18.5. The number of anilines is 2. The fourth-order valence-corrected chi connectivity index (χ4v) is 5.86. The summed E-state index contributed by atoms with van der Waals surface area (Å²) in [5.74, 6) is 0.977. The van der Waals surface area contributed by atoms with Crippen molar-refractivity contribution in [3.05, 3.63) is 66.0 Å². The number of benzene rings is 2. The van der Waals surface area contributed by atoms with Crippen LogP contribution in [0.15, 0.2) is 54.9 Å². The van der Waals surface area contributed by atoms with Gasteiger partial charge in [-0.25, -0.2) is 9.97 Å². The first kappa shape index (κ1) is 24.1. The Morgan fingerprint density at radius 3 is 2.53 bits per heavy atom. The molecule has 0 aliphatic carbocycles. The van der Waals surface area contributed by atoms with E-state index in [0.717, 1.165) is 77.6 Å². The largest absolute Gasteiger partial charge is 0.342 e. The van der Waals surface area contributed by atoms with Crippen LogP contribution in [0.1, 0.15) is 30.4 Å². The van der Waals surface area contributed by atoms with Crippen molar-refractivity contribution >= 4 is 23.2 Å². The Kier molecular flexibility index (Phi) is 6.09. The lowest BCUT2D eigenvalue weighted by Gasteiger charge is -2.36. The number of nitriles is 1. The normalized spacial score (nSPS) is 16.2. The van der Waals surface area contributed by atoms with E-state index < -0.39 is 0 Å². The van der Waals surface area contributed by atoms with Crippen molar-refractivity contribution in [2.45, 2.75) is 31.7 Å². The molecule has 0 bridgehead atoms. The van der Waals surface area contributed by atoms with Crippen molar-refractivity contribution < 1.29 is 4.79 Å². The van der Waals surface area contributed by atoms with Gasteiger partial charge in [-0.05, 0) is 51.1 Å². The van der Waals surface area contributed by atoms with Gasteiger partial charge in [-0.3, -0.25) is 9.20 Å². The standard InChI is InChI=1S/C30H31N7O/c1-34(2)23-13-16-36(17-14-23)30-33-27(21-9-7-20(19-31)8-10-21)26(29-32-15-18-37(29)30)24-6-4-5-22-11-12-25(38)35(3)28(22)24/h4-10,15,18,23H,11-14,16-17H2,1-3H3. The Labute approximate surface area is 222 Å². The summed E-state index contributed by atoms with van der Waals surface area (Å²) in [7, 11) is 6.14. The Morgan fingerprint density at radius 1 is 1.05 bits per heavy atom. The predicted molar refractivity (Wildman–Crippen MR) is 149 cm³/mol. The molecule has 1 saturated heterocycles. The third-order valence-corrected chi connectivity index (χ3v) is 8.00. The van der Waals surface area contributed by atoms with Gasteiger partial charge in [0.25, 0.3) is 0 Å². The highest BCUT2D eigenvalue weighted by Gasteiger charge is 2.30. The molecule has 0 radical (unpaired) electrons. The van der Waals surface area contributed by atoms with E-state index >= 15 is 0 Å². The van der Waals surface area contributed by atoms with Gasteiger partial charge >= 0.3 is 0 Å². The minimum Gasteiger partial charge on any atom is -0.342 e. The maximum absolute atomic E-state index is 12.8. The summed E-state index contributed by atoms with van der Waals surface area (Å²) >= 11 is 0. The van der Waals surface area contributed by atoms with Crippen molar-refractivity contribution in [3.8, 4) is 28.5 Å². The minimum atomic E-state index is 0.109. The molecule has 2 aromatic heterocycles. The first-order valence-electron chi connectivity index (χ1n) is 13.1. The van der Waals surface area contributed by atoms with E-state index in [1.165, 1.54) is 0 Å². The lowest BCUT2D eigenvalue weighted by atomic mass is 9.92.